The minimum atomic E-state index is 0.582. The lowest BCUT2D eigenvalue weighted by molar-refractivity contribution is 1.07. The summed E-state index contributed by atoms with van der Waals surface area (Å²) in [4.78, 5) is 21.5. The van der Waals surface area contributed by atoms with Crippen LogP contribution in [0.1, 0.15) is 0 Å². The van der Waals surface area contributed by atoms with Crippen LogP contribution in [-0.2, 0) is 0 Å². The van der Waals surface area contributed by atoms with Gasteiger partial charge in [-0.25, -0.2) is 19.9 Å². The first kappa shape index (κ1) is 42.5. The summed E-state index contributed by atoms with van der Waals surface area (Å²) < 4.78 is 0. The molecule has 13 rings (SSSR count). The first-order chi connectivity index (χ1) is 35.7. The van der Waals surface area contributed by atoms with Gasteiger partial charge in [0.1, 0.15) is 0 Å². The summed E-state index contributed by atoms with van der Waals surface area (Å²) in [6, 6.07) is 94.1. The molecule has 0 saturated heterocycles. The molecule has 336 valence electrons. The number of hydrogen-bond acceptors (Lipinski definition) is 4. The predicted molar refractivity (Wildman–Crippen MR) is 299 cm³/mol. The van der Waals surface area contributed by atoms with Crippen LogP contribution < -0.4 is 0 Å². The van der Waals surface area contributed by atoms with Gasteiger partial charge in [-0.3, -0.25) is 0 Å². The average Bonchev–Trinajstić information content (AvgIpc) is 3.47. The fourth-order valence-corrected chi connectivity index (χ4v) is 10.3. The van der Waals surface area contributed by atoms with Crippen molar-refractivity contribution in [3.63, 3.8) is 0 Å². The monoisotopic (exact) mass is 916 g/mol. The predicted octanol–water partition coefficient (Wildman–Crippen LogP) is 17.7. The highest BCUT2D eigenvalue weighted by Crippen LogP contribution is 2.49. The molecule has 0 aliphatic rings. The van der Waals surface area contributed by atoms with Gasteiger partial charge in [-0.05, 0) is 78.3 Å². The van der Waals surface area contributed by atoms with Crippen molar-refractivity contribution in [2.45, 2.75) is 0 Å². The summed E-state index contributed by atoms with van der Waals surface area (Å²) in [6.45, 7) is 0. The highest BCUT2D eigenvalue weighted by atomic mass is 15.0. The Labute approximate surface area is 418 Å². The van der Waals surface area contributed by atoms with Gasteiger partial charge < -0.3 is 0 Å². The zero-order valence-corrected chi connectivity index (χ0v) is 39.2. The van der Waals surface area contributed by atoms with Gasteiger partial charge in [-0.15, -0.1) is 0 Å². The smallest absolute Gasteiger partial charge is 0.164 e. The van der Waals surface area contributed by atoms with Crippen molar-refractivity contribution in [2.24, 2.45) is 0 Å². The SMILES string of the molecule is c1ccc(-c2nc(-c3cccc(-c4ccc5c6ccccc6c6ccccc6c5c4)c3)nc(-c3cccc(-c4c(-c5ccccc5)c(-c5ccccc5)nc(-c5ccccc5)c4-c4ccccc4)c3)n2)cc1. The first-order valence-corrected chi connectivity index (χ1v) is 24.4. The summed E-state index contributed by atoms with van der Waals surface area (Å²) in [5.41, 5.74) is 15.1. The van der Waals surface area contributed by atoms with Crippen LogP contribution in [0.5, 0.6) is 0 Å². The summed E-state index contributed by atoms with van der Waals surface area (Å²) in [5.74, 6) is 1.78. The third-order valence-corrected chi connectivity index (χ3v) is 13.7. The van der Waals surface area contributed by atoms with Crippen LogP contribution >= 0.6 is 0 Å². The molecule has 0 fully saturated rings. The minimum Gasteiger partial charge on any atom is -0.246 e. The van der Waals surface area contributed by atoms with Gasteiger partial charge in [0.25, 0.3) is 0 Å². The molecule has 2 aromatic heterocycles. The molecule has 13 aromatic rings. The highest BCUT2D eigenvalue weighted by molar-refractivity contribution is 6.25. The molecule has 11 aromatic carbocycles. The molecule has 0 spiro atoms. The second kappa shape index (κ2) is 18.4. The summed E-state index contributed by atoms with van der Waals surface area (Å²) in [5, 5.41) is 7.49. The Bertz CT molecular complexity index is 3980. The van der Waals surface area contributed by atoms with E-state index in [0.717, 1.165) is 83.7 Å². The number of pyridine rings is 1. The lowest BCUT2D eigenvalue weighted by atomic mass is 9.83. The summed E-state index contributed by atoms with van der Waals surface area (Å²) >= 11 is 0. The van der Waals surface area contributed by atoms with Crippen molar-refractivity contribution in [1.29, 1.82) is 0 Å². The molecule has 0 bridgehead atoms. The van der Waals surface area contributed by atoms with Crippen LogP contribution in [0.2, 0.25) is 0 Å². The van der Waals surface area contributed by atoms with E-state index in [1.54, 1.807) is 0 Å². The van der Waals surface area contributed by atoms with Crippen molar-refractivity contribution in [3.8, 4) is 101 Å². The van der Waals surface area contributed by atoms with Gasteiger partial charge in [0.2, 0.25) is 0 Å². The van der Waals surface area contributed by atoms with E-state index < -0.39 is 0 Å². The molecule has 4 heteroatoms. The van der Waals surface area contributed by atoms with E-state index in [1.807, 2.05) is 18.2 Å². The zero-order valence-electron chi connectivity index (χ0n) is 39.2. The largest absolute Gasteiger partial charge is 0.246 e. The van der Waals surface area contributed by atoms with Gasteiger partial charge in [0, 0.05) is 44.5 Å². The van der Waals surface area contributed by atoms with E-state index in [-0.39, 0.29) is 0 Å². The Morgan fingerprint density at radius 1 is 0.167 bits per heavy atom. The van der Waals surface area contributed by atoms with E-state index in [1.165, 1.54) is 32.3 Å². The number of fused-ring (bicyclic) bond motifs is 6. The van der Waals surface area contributed by atoms with Crippen molar-refractivity contribution < 1.29 is 0 Å². The first-order valence-electron chi connectivity index (χ1n) is 24.4. The maximum Gasteiger partial charge on any atom is 0.164 e. The molecule has 0 unspecified atom stereocenters. The van der Waals surface area contributed by atoms with Gasteiger partial charge in [-0.1, -0.05) is 249 Å². The van der Waals surface area contributed by atoms with Crippen molar-refractivity contribution >= 4 is 32.3 Å². The standard InChI is InChI=1S/C68H44N4/c1-6-22-45(23-7-1)62-61(63(46-24-8-2-9-25-46)65(48-28-12-4-13-29-48)69-64(62)47-26-10-3-11-27-47)52-33-21-35-54(43-52)68-71-66(49-30-14-5-15-31-49)70-67(72-68)53-34-20-32-50(42-53)51-40-41-59-57-38-17-16-36-55(57)56-37-18-19-39-58(56)60(59)44-51/h1-44H. The Morgan fingerprint density at radius 2 is 0.486 bits per heavy atom. The van der Waals surface area contributed by atoms with E-state index in [9.17, 15) is 0 Å². The Hall–Kier alpha value is -9.64. The van der Waals surface area contributed by atoms with E-state index in [2.05, 4.69) is 249 Å². The Morgan fingerprint density at radius 3 is 0.958 bits per heavy atom. The van der Waals surface area contributed by atoms with Crippen molar-refractivity contribution in [3.05, 3.63) is 267 Å². The molecule has 0 saturated carbocycles. The summed E-state index contributed by atoms with van der Waals surface area (Å²) in [6.07, 6.45) is 0. The van der Waals surface area contributed by atoms with Gasteiger partial charge >= 0.3 is 0 Å². The molecule has 0 aliphatic heterocycles. The fraction of sp³-hybridized carbons (Fsp3) is 0. The number of benzene rings is 11. The summed E-state index contributed by atoms with van der Waals surface area (Å²) in [7, 11) is 0. The molecular weight excluding hydrogens is 873 g/mol. The number of hydrogen-bond donors (Lipinski definition) is 0. The third-order valence-electron chi connectivity index (χ3n) is 13.7. The highest BCUT2D eigenvalue weighted by Gasteiger charge is 2.26. The number of rotatable bonds is 9. The zero-order chi connectivity index (χ0) is 47.8. The Kier molecular flexibility index (Phi) is 10.8. The molecule has 72 heavy (non-hydrogen) atoms. The van der Waals surface area contributed by atoms with E-state index in [4.69, 9.17) is 19.9 Å². The van der Waals surface area contributed by atoms with Crippen LogP contribution in [0.4, 0.5) is 0 Å². The molecule has 0 amide bonds. The molecule has 2 heterocycles. The van der Waals surface area contributed by atoms with Crippen molar-refractivity contribution in [1.82, 2.24) is 19.9 Å². The topological polar surface area (TPSA) is 51.6 Å². The van der Waals surface area contributed by atoms with Gasteiger partial charge in [0.15, 0.2) is 17.5 Å². The number of nitrogens with zero attached hydrogens (tertiary/aromatic N) is 4. The van der Waals surface area contributed by atoms with E-state index >= 15 is 0 Å². The average molecular weight is 917 g/mol. The molecular formula is C68H44N4. The van der Waals surface area contributed by atoms with Crippen LogP contribution in [0.15, 0.2) is 267 Å². The second-order valence-electron chi connectivity index (χ2n) is 18.1. The van der Waals surface area contributed by atoms with Crippen LogP contribution in [0, 0.1) is 0 Å². The molecule has 0 aliphatic carbocycles. The number of aromatic nitrogens is 4. The Balaban J connectivity index is 1.01. The second-order valence-corrected chi connectivity index (χ2v) is 18.1. The fourth-order valence-electron chi connectivity index (χ4n) is 10.3. The van der Waals surface area contributed by atoms with Gasteiger partial charge in [0.05, 0.1) is 11.4 Å². The van der Waals surface area contributed by atoms with Crippen LogP contribution in [0.25, 0.3) is 134 Å². The maximum absolute atomic E-state index is 5.66. The normalized spacial score (nSPS) is 11.3. The molecule has 0 atom stereocenters. The lowest BCUT2D eigenvalue weighted by Crippen LogP contribution is -2.02. The molecule has 0 radical (unpaired) electrons. The van der Waals surface area contributed by atoms with E-state index in [0.29, 0.717) is 17.5 Å². The maximum atomic E-state index is 5.66. The van der Waals surface area contributed by atoms with Gasteiger partial charge in [-0.2, -0.15) is 0 Å². The minimum absolute atomic E-state index is 0.582. The van der Waals surface area contributed by atoms with Crippen LogP contribution in [0.3, 0.4) is 0 Å². The van der Waals surface area contributed by atoms with Crippen molar-refractivity contribution in [2.75, 3.05) is 0 Å². The van der Waals surface area contributed by atoms with Crippen LogP contribution in [-0.4, -0.2) is 19.9 Å². The molecule has 0 N–H and O–H groups in total. The third kappa shape index (κ3) is 7.78. The lowest BCUT2D eigenvalue weighted by Gasteiger charge is -2.23. The quantitative estimate of drug-likeness (QED) is 0.135. The molecule has 4 nitrogen and oxygen atoms in total.